The number of nitrogens with zero attached hydrogens (tertiary/aromatic N) is 1. The van der Waals surface area contributed by atoms with Crippen LogP contribution in [-0.2, 0) is 0 Å². The van der Waals surface area contributed by atoms with Gasteiger partial charge in [0.15, 0.2) is 0 Å². The van der Waals surface area contributed by atoms with E-state index < -0.39 is 0 Å². The summed E-state index contributed by atoms with van der Waals surface area (Å²) in [7, 11) is 5.70. The van der Waals surface area contributed by atoms with E-state index in [2.05, 4.69) is 20.9 Å². The summed E-state index contributed by atoms with van der Waals surface area (Å²) in [5, 5.41) is 0. The van der Waals surface area contributed by atoms with E-state index in [1.54, 1.807) is 0 Å². The summed E-state index contributed by atoms with van der Waals surface area (Å²) in [6, 6.07) is 0. The van der Waals surface area contributed by atoms with Crippen LogP contribution in [0.2, 0.25) is 0 Å². The molecule has 0 aliphatic rings. The number of rotatable bonds is 2. The second-order valence-electron chi connectivity index (χ2n) is 2.43. The Balaban J connectivity index is 2.95. The fourth-order valence-corrected chi connectivity index (χ4v) is 0.623. The molecule has 0 atom stereocenters. The third-order valence-corrected chi connectivity index (χ3v) is 0.677. The fourth-order valence-electron chi connectivity index (χ4n) is 0.623. The first-order valence-corrected chi connectivity index (χ1v) is 2.64. The minimum absolute atomic E-state index is 0.738. The molecule has 0 aromatic rings. The quantitative estimate of drug-likeness (QED) is 0.474. The van der Waals surface area contributed by atoms with E-state index in [0.29, 0.717) is 0 Å². The number of hydrogen-bond acceptors (Lipinski definition) is 1. The summed E-state index contributed by atoms with van der Waals surface area (Å²) in [5.41, 5.74) is 0. The van der Waals surface area contributed by atoms with Crippen LogP contribution in [0.4, 0.5) is 0 Å². The van der Waals surface area contributed by atoms with Crippen LogP contribution in [0.25, 0.3) is 0 Å². The molecule has 0 saturated heterocycles. The van der Waals surface area contributed by atoms with E-state index in [1.165, 1.54) is 0 Å². The van der Waals surface area contributed by atoms with Crippen LogP contribution in [0, 0.1) is 13.0 Å². The van der Waals surface area contributed by atoms with Gasteiger partial charge in [0.1, 0.15) is 0 Å². The van der Waals surface area contributed by atoms with Crippen molar-refractivity contribution in [1.29, 1.82) is 0 Å². The van der Waals surface area contributed by atoms with Crippen LogP contribution in [0.15, 0.2) is 0 Å². The number of hydrogen-bond donors (Lipinski definition) is 0. The fraction of sp³-hybridized carbons (Fsp3) is 0.833. The van der Waals surface area contributed by atoms with Gasteiger partial charge >= 0.3 is 0 Å². The summed E-state index contributed by atoms with van der Waals surface area (Å²) >= 11 is 0. The minimum Gasteiger partial charge on any atom is -0.462 e. The van der Waals surface area contributed by atoms with Gasteiger partial charge in [-0.25, -0.2) is 0 Å². The molecule has 1 nitrogen and oxygen atoms in total. The van der Waals surface area contributed by atoms with Crippen molar-refractivity contribution in [2.45, 2.75) is 13.8 Å². The van der Waals surface area contributed by atoms with Gasteiger partial charge in [0.25, 0.3) is 0 Å². The summed E-state index contributed by atoms with van der Waals surface area (Å²) in [5.74, 6) is 0.738. The second-order valence-corrected chi connectivity index (χ2v) is 2.43. The molecule has 0 rings (SSSR count). The highest BCUT2D eigenvalue weighted by molar-refractivity contribution is 4.49. The van der Waals surface area contributed by atoms with Gasteiger partial charge in [-0.3, -0.25) is 7.05 Å². The SMILES string of the molecule is [CH2-]N(C)CC(C)C. The van der Waals surface area contributed by atoms with Crippen LogP contribution in [0.3, 0.4) is 0 Å². The first-order valence-electron chi connectivity index (χ1n) is 2.64. The van der Waals surface area contributed by atoms with Crippen LogP contribution in [0.1, 0.15) is 13.8 Å². The Bertz CT molecular complexity index is 33.4. The molecule has 0 radical (unpaired) electrons. The Hall–Kier alpha value is -0.0400. The average molecular weight is 100 g/mol. The van der Waals surface area contributed by atoms with Crippen LogP contribution in [0.5, 0.6) is 0 Å². The maximum atomic E-state index is 3.71. The maximum Gasteiger partial charge on any atom is -0.0282 e. The molecule has 0 amide bonds. The van der Waals surface area contributed by atoms with Crippen LogP contribution < -0.4 is 0 Å². The summed E-state index contributed by atoms with van der Waals surface area (Å²) < 4.78 is 0. The second kappa shape index (κ2) is 3.03. The predicted octanol–water partition coefficient (Wildman–Crippen LogP) is 1.37. The zero-order valence-corrected chi connectivity index (χ0v) is 5.44. The Kier molecular flexibility index (Phi) is 3.01. The molecule has 0 spiro atoms. The molecule has 0 bridgehead atoms. The molecule has 44 valence electrons. The zero-order valence-electron chi connectivity index (χ0n) is 5.44. The van der Waals surface area contributed by atoms with Gasteiger partial charge in [0.2, 0.25) is 0 Å². The average Bonchev–Trinajstić information content (AvgIpc) is 1.27. The Morgan fingerprint density at radius 1 is 1.57 bits per heavy atom. The van der Waals surface area contributed by atoms with Crippen molar-refractivity contribution in [2.75, 3.05) is 13.6 Å². The van der Waals surface area contributed by atoms with E-state index in [4.69, 9.17) is 0 Å². The van der Waals surface area contributed by atoms with Crippen molar-refractivity contribution < 1.29 is 0 Å². The highest BCUT2D eigenvalue weighted by Crippen LogP contribution is 1.91. The Morgan fingerprint density at radius 3 is 2.00 bits per heavy atom. The molecule has 0 aliphatic heterocycles. The van der Waals surface area contributed by atoms with Gasteiger partial charge in [0.05, 0.1) is 0 Å². The summed E-state index contributed by atoms with van der Waals surface area (Å²) in [6.45, 7) is 5.45. The molecular formula is C6H14N-. The van der Waals surface area contributed by atoms with Crippen molar-refractivity contribution in [1.82, 2.24) is 4.90 Å². The van der Waals surface area contributed by atoms with Crippen molar-refractivity contribution in [3.05, 3.63) is 7.05 Å². The lowest BCUT2D eigenvalue weighted by atomic mass is 10.2. The van der Waals surface area contributed by atoms with E-state index in [0.717, 1.165) is 12.5 Å². The first kappa shape index (κ1) is 6.96. The zero-order chi connectivity index (χ0) is 5.86. The molecule has 0 saturated carbocycles. The normalized spacial score (nSPS) is 11.1. The van der Waals surface area contributed by atoms with Crippen molar-refractivity contribution in [2.24, 2.45) is 5.92 Å². The van der Waals surface area contributed by atoms with Crippen molar-refractivity contribution in [3.8, 4) is 0 Å². The van der Waals surface area contributed by atoms with Gasteiger partial charge in [-0.2, -0.15) is 0 Å². The molecule has 7 heavy (non-hydrogen) atoms. The molecule has 0 aromatic heterocycles. The van der Waals surface area contributed by atoms with Gasteiger partial charge in [-0.15, -0.1) is 0 Å². The van der Waals surface area contributed by atoms with Gasteiger partial charge in [0, 0.05) is 0 Å². The van der Waals surface area contributed by atoms with Crippen LogP contribution in [-0.4, -0.2) is 18.5 Å². The van der Waals surface area contributed by atoms with E-state index in [1.807, 2.05) is 11.9 Å². The molecule has 0 aromatic carbocycles. The van der Waals surface area contributed by atoms with Gasteiger partial charge < -0.3 is 4.90 Å². The van der Waals surface area contributed by atoms with Crippen LogP contribution >= 0.6 is 0 Å². The molecule has 1 heteroatoms. The molecule has 0 fully saturated rings. The molecule has 0 aliphatic carbocycles. The predicted molar refractivity (Wildman–Crippen MR) is 32.8 cm³/mol. The highest BCUT2D eigenvalue weighted by Gasteiger charge is 1.87. The Morgan fingerprint density at radius 2 is 2.00 bits per heavy atom. The summed E-state index contributed by atoms with van der Waals surface area (Å²) in [4.78, 5) is 1.95. The maximum absolute atomic E-state index is 3.71. The first-order chi connectivity index (χ1) is 3.13. The largest absolute Gasteiger partial charge is 0.462 e. The third-order valence-electron chi connectivity index (χ3n) is 0.677. The monoisotopic (exact) mass is 100 g/mol. The molecule has 0 heterocycles. The van der Waals surface area contributed by atoms with E-state index in [9.17, 15) is 0 Å². The third kappa shape index (κ3) is 5.96. The van der Waals surface area contributed by atoms with Crippen molar-refractivity contribution >= 4 is 0 Å². The lowest BCUT2D eigenvalue weighted by Gasteiger charge is -2.19. The van der Waals surface area contributed by atoms with Gasteiger partial charge in [-0.05, 0) is 19.5 Å². The molecular weight excluding hydrogens is 86.1 g/mol. The van der Waals surface area contributed by atoms with Gasteiger partial charge in [-0.1, -0.05) is 13.8 Å². The molecule has 0 N–H and O–H groups in total. The van der Waals surface area contributed by atoms with Crippen molar-refractivity contribution in [3.63, 3.8) is 0 Å². The lowest BCUT2D eigenvalue weighted by molar-refractivity contribution is 0.385. The minimum atomic E-state index is 0.738. The topological polar surface area (TPSA) is 3.24 Å². The lowest BCUT2D eigenvalue weighted by Crippen LogP contribution is -2.15. The highest BCUT2D eigenvalue weighted by atomic mass is 15.0. The smallest absolute Gasteiger partial charge is 0.0282 e. The summed E-state index contributed by atoms with van der Waals surface area (Å²) in [6.07, 6.45) is 0. The Labute approximate surface area is 46.3 Å². The van der Waals surface area contributed by atoms with E-state index >= 15 is 0 Å². The van der Waals surface area contributed by atoms with E-state index in [-0.39, 0.29) is 0 Å². The molecule has 0 unspecified atom stereocenters. The standard InChI is InChI=1S/C6H14N/c1-6(2)5-7(3)4/h6H,3,5H2,1-2,4H3/q-1.